The minimum Gasteiger partial charge on any atom is -0.388 e. The third-order valence-corrected chi connectivity index (χ3v) is 4.28. The van der Waals surface area contributed by atoms with Gasteiger partial charge in [-0.05, 0) is 30.8 Å². The van der Waals surface area contributed by atoms with E-state index in [1.54, 1.807) is 0 Å². The second kappa shape index (κ2) is 7.98. The van der Waals surface area contributed by atoms with Crippen molar-refractivity contribution in [3.63, 3.8) is 0 Å². The van der Waals surface area contributed by atoms with E-state index < -0.39 is 5.60 Å². The number of hydrogen-bond acceptors (Lipinski definition) is 3. The van der Waals surface area contributed by atoms with Crippen LogP contribution in [0.4, 0.5) is 0 Å². The molecule has 0 aromatic rings. The Bertz CT molecular complexity index is 227. The fourth-order valence-electron chi connectivity index (χ4n) is 1.99. The first-order valence-corrected chi connectivity index (χ1v) is 7.88. The van der Waals surface area contributed by atoms with Crippen LogP contribution >= 0.6 is 11.8 Å². The molecule has 0 saturated carbocycles. The van der Waals surface area contributed by atoms with Crippen molar-refractivity contribution >= 4 is 17.7 Å². The van der Waals surface area contributed by atoms with Gasteiger partial charge in [-0.1, -0.05) is 26.2 Å². The normalized spacial score (nSPS) is 18.9. The SMILES string of the molecule is CCCCCCC(=O)NCC1(O)CCSCC1. The maximum Gasteiger partial charge on any atom is 0.220 e. The number of rotatable bonds is 7. The Morgan fingerprint density at radius 2 is 2.00 bits per heavy atom. The van der Waals surface area contributed by atoms with Crippen LogP contribution in [-0.4, -0.2) is 34.7 Å². The highest BCUT2D eigenvalue weighted by Gasteiger charge is 2.29. The number of aliphatic hydroxyl groups is 1. The highest BCUT2D eigenvalue weighted by atomic mass is 32.2. The van der Waals surface area contributed by atoms with Crippen molar-refractivity contribution in [2.75, 3.05) is 18.1 Å². The zero-order valence-corrected chi connectivity index (χ0v) is 11.7. The summed E-state index contributed by atoms with van der Waals surface area (Å²) in [5, 5.41) is 13.1. The van der Waals surface area contributed by atoms with Crippen LogP contribution < -0.4 is 5.32 Å². The minimum atomic E-state index is -0.648. The smallest absolute Gasteiger partial charge is 0.220 e. The van der Waals surface area contributed by atoms with Crippen LogP contribution in [0.25, 0.3) is 0 Å². The van der Waals surface area contributed by atoms with E-state index in [0.717, 1.165) is 37.2 Å². The minimum absolute atomic E-state index is 0.0905. The molecular weight excluding hydrogens is 234 g/mol. The lowest BCUT2D eigenvalue weighted by Gasteiger charge is -2.31. The number of carbonyl (C=O) groups is 1. The summed E-state index contributed by atoms with van der Waals surface area (Å²) in [5.74, 6) is 2.10. The molecule has 0 spiro atoms. The molecule has 1 heterocycles. The predicted molar refractivity (Wildman–Crippen MR) is 73.3 cm³/mol. The van der Waals surface area contributed by atoms with Gasteiger partial charge in [-0.25, -0.2) is 0 Å². The molecule has 1 amide bonds. The van der Waals surface area contributed by atoms with Crippen molar-refractivity contribution < 1.29 is 9.90 Å². The van der Waals surface area contributed by atoms with Crippen LogP contribution in [0.5, 0.6) is 0 Å². The van der Waals surface area contributed by atoms with Crippen molar-refractivity contribution in [3.8, 4) is 0 Å². The van der Waals surface area contributed by atoms with Crippen molar-refractivity contribution in [2.45, 2.75) is 57.5 Å². The van der Waals surface area contributed by atoms with Crippen LogP contribution in [0.15, 0.2) is 0 Å². The number of unbranched alkanes of at least 4 members (excludes halogenated alkanes) is 3. The highest BCUT2D eigenvalue weighted by Crippen LogP contribution is 2.26. The second-order valence-corrected chi connectivity index (χ2v) is 6.15. The van der Waals surface area contributed by atoms with E-state index in [1.165, 1.54) is 12.8 Å². The third-order valence-electron chi connectivity index (χ3n) is 3.30. The molecule has 100 valence electrons. The molecule has 0 aromatic heterocycles. The molecule has 0 radical (unpaired) electrons. The molecule has 1 fully saturated rings. The standard InChI is InChI=1S/C13H25NO2S/c1-2-3-4-5-6-12(15)14-11-13(16)7-9-17-10-8-13/h16H,2-11H2,1H3,(H,14,15). The van der Waals surface area contributed by atoms with Crippen molar-refractivity contribution in [1.29, 1.82) is 0 Å². The van der Waals surface area contributed by atoms with Gasteiger partial charge in [-0.15, -0.1) is 0 Å². The Hall–Kier alpha value is -0.220. The lowest BCUT2D eigenvalue weighted by Crippen LogP contribution is -2.45. The largest absolute Gasteiger partial charge is 0.388 e. The summed E-state index contributed by atoms with van der Waals surface area (Å²) >= 11 is 1.88. The van der Waals surface area contributed by atoms with Crippen molar-refractivity contribution in [1.82, 2.24) is 5.32 Å². The van der Waals surface area contributed by atoms with Crippen molar-refractivity contribution in [2.24, 2.45) is 0 Å². The van der Waals surface area contributed by atoms with Crippen LogP contribution in [-0.2, 0) is 4.79 Å². The van der Waals surface area contributed by atoms with Gasteiger partial charge in [0.2, 0.25) is 5.91 Å². The number of hydrogen-bond donors (Lipinski definition) is 2. The quantitative estimate of drug-likeness (QED) is 0.690. The van der Waals surface area contributed by atoms with E-state index in [-0.39, 0.29) is 5.91 Å². The van der Waals surface area contributed by atoms with Crippen LogP contribution in [0, 0.1) is 0 Å². The number of amides is 1. The summed E-state index contributed by atoms with van der Waals surface area (Å²) in [6.45, 7) is 2.59. The average Bonchev–Trinajstić information content (AvgIpc) is 2.33. The molecule has 1 aliphatic rings. The third kappa shape index (κ3) is 6.32. The lowest BCUT2D eigenvalue weighted by molar-refractivity contribution is -0.122. The lowest BCUT2D eigenvalue weighted by atomic mass is 9.97. The highest BCUT2D eigenvalue weighted by molar-refractivity contribution is 7.99. The van der Waals surface area contributed by atoms with E-state index in [0.29, 0.717) is 13.0 Å². The molecule has 0 aliphatic carbocycles. The van der Waals surface area contributed by atoms with Gasteiger partial charge >= 0.3 is 0 Å². The van der Waals surface area contributed by atoms with Gasteiger partial charge in [0, 0.05) is 13.0 Å². The molecule has 0 aromatic carbocycles. The molecule has 2 N–H and O–H groups in total. The summed E-state index contributed by atoms with van der Waals surface area (Å²) in [5.41, 5.74) is -0.648. The monoisotopic (exact) mass is 259 g/mol. The second-order valence-electron chi connectivity index (χ2n) is 4.92. The summed E-state index contributed by atoms with van der Waals surface area (Å²) in [7, 11) is 0. The topological polar surface area (TPSA) is 49.3 Å². The zero-order valence-electron chi connectivity index (χ0n) is 10.8. The maximum absolute atomic E-state index is 11.6. The van der Waals surface area contributed by atoms with Gasteiger partial charge in [-0.2, -0.15) is 11.8 Å². The Morgan fingerprint density at radius 1 is 1.29 bits per heavy atom. The first-order chi connectivity index (χ1) is 8.16. The van der Waals surface area contributed by atoms with Crippen LogP contribution in [0.1, 0.15) is 51.9 Å². The molecule has 0 atom stereocenters. The maximum atomic E-state index is 11.6. The molecule has 17 heavy (non-hydrogen) atoms. The summed E-state index contributed by atoms with van der Waals surface area (Å²) < 4.78 is 0. The number of nitrogens with one attached hydrogen (secondary N) is 1. The van der Waals surface area contributed by atoms with Gasteiger partial charge < -0.3 is 10.4 Å². The summed E-state index contributed by atoms with van der Waals surface area (Å²) in [4.78, 5) is 11.6. The van der Waals surface area contributed by atoms with E-state index in [9.17, 15) is 9.90 Å². The molecular formula is C13H25NO2S. The molecule has 4 heteroatoms. The van der Waals surface area contributed by atoms with Gasteiger partial charge in [-0.3, -0.25) is 4.79 Å². The zero-order chi connectivity index (χ0) is 12.6. The van der Waals surface area contributed by atoms with E-state index in [2.05, 4.69) is 12.2 Å². The molecule has 0 unspecified atom stereocenters. The number of carbonyl (C=O) groups excluding carboxylic acids is 1. The Morgan fingerprint density at radius 3 is 2.65 bits per heavy atom. The first kappa shape index (κ1) is 14.8. The van der Waals surface area contributed by atoms with E-state index >= 15 is 0 Å². The fourth-order valence-corrected chi connectivity index (χ4v) is 3.24. The molecule has 0 bridgehead atoms. The van der Waals surface area contributed by atoms with E-state index in [4.69, 9.17) is 0 Å². The van der Waals surface area contributed by atoms with Gasteiger partial charge in [0.05, 0.1) is 5.60 Å². The van der Waals surface area contributed by atoms with Gasteiger partial charge in [0.25, 0.3) is 0 Å². The Kier molecular flexibility index (Phi) is 6.97. The predicted octanol–water partition coefficient (Wildman–Crippen LogP) is 2.33. The van der Waals surface area contributed by atoms with Crippen LogP contribution in [0.2, 0.25) is 0 Å². The first-order valence-electron chi connectivity index (χ1n) is 6.73. The molecule has 1 saturated heterocycles. The molecule has 3 nitrogen and oxygen atoms in total. The van der Waals surface area contributed by atoms with E-state index in [1.807, 2.05) is 11.8 Å². The van der Waals surface area contributed by atoms with Gasteiger partial charge in [0.15, 0.2) is 0 Å². The number of thioether (sulfide) groups is 1. The average molecular weight is 259 g/mol. The van der Waals surface area contributed by atoms with Gasteiger partial charge in [0.1, 0.15) is 0 Å². The Labute approximate surface area is 109 Å². The molecule has 1 rings (SSSR count). The summed E-state index contributed by atoms with van der Waals surface area (Å²) in [6, 6.07) is 0. The summed E-state index contributed by atoms with van der Waals surface area (Å²) in [6.07, 6.45) is 6.69. The Balaban J connectivity index is 2.10. The fraction of sp³-hybridized carbons (Fsp3) is 0.923. The van der Waals surface area contributed by atoms with Crippen molar-refractivity contribution in [3.05, 3.63) is 0 Å². The molecule has 1 aliphatic heterocycles. The van der Waals surface area contributed by atoms with Crippen LogP contribution in [0.3, 0.4) is 0 Å².